The molecule has 0 spiro atoms. The quantitative estimate of drug-likeness (QED) is 0.386. The fourth-order valence-electron chi connectivity index (χ4n) is 2.67. The van der Waals surface area contributed by atoms with E-state index >= 15 is 0 Å². The van der Waals surface area contributed by atoms with E-state index in [9.17, 15) is 18.0 Å². The molecule has 0 aliphatic carbocycles. The van der Waals surface area contributed by atoms with Crippen molar-refractivity contribution in [3.63, 3.8) is 0 Å². The highest BCUT2D eigenvalue weighted by Gasteiger charge is 2.38. The van der Waals surface area contributed by atoms with Crippen molar-refractivity contribution in [3.05, 3.63) is 88.9 Å². The van der Waals surface area contributed by atoms with Crippen LogP contribution >= 0.6 is 11.6 Å². The minimum Gasteiger partial charge on any atom is -0.492 e. The maximum Gasteiger partial charge on any atom is 0.490 e. The van der Waals surface area contributed by atoms with Crippen LogP contribution in [0.5, 0.6) is 5.75 Å². The molecule has 3 rings (SSSR count). The summed E-state index contributed by atoms with van der Waals surface area (Å²) in [5.74, 6) is -2.38. The molecule has 1 amide bonds. The lowest BCUT2D eigenvalue weighted by Gasteiger charge is -2.09. The number of carbonyl (C=O) groups excluding carboxylic acids is 1. The zero-order valence-corrected chi connectivity index (χ0v) is 18.6. The molecule has 0 fully saturated rings. The number of primary amides is 1. The number of hydrogen-bond donors (Lipinski definition) is 3. The van der Waals surface area contributed by atoms with Crippen LogP contribution in [0.3, 0.4) is 0 Å². The highest BCUT2D eigenvalue weighted by atomic mass is 35.5. The number of hydrogen-bond acceptors (Lipinski definition) is 4. The third-order valence-electron chi connectivity index (χ3n) is 4.37. The molecule has 6 nitrogen and oxygen atoms in total. The van der Waals surface area contributed by atoms with Gasteiger partial charge in [0.1, 0.15) is 12.4 Å². The van der Waals surface area contributed by atoms with Crippen LogP contribution in [0, 0.1) is 0 Å². The molecule has 0 radical (unpaired) electrons. The number of benzene rings is 3. The first-order valence-electron chi connectivity index (χ1n) is 9.94. The lowest BCUT2D eigenvalue weighted by Crippen LogP contribution is -2.21. The number of rotatable bonds is 8. The van der Waals surface area contributed by atoms with Crippen LogP contribution in [0.2, 0.25) is 5.02 Å². The average molecular weight is 495 g/mol. The van der Waals surface area contributed by atoms with E-state index in [1.54, 1.807) is 12.1 Å². The SMILES string of the molecule is NC(=O)c1cccc(-c2ccc(OCCNCc3ccc(Cl)cc3)cc2)c1.O=C(O)C(F)(F)F. The van der Waals surface area contributed by atoms with Crippen LogP contribution in [-0.4, -0.2) is 36.3 Å². The number of carboxylic acid groups (broad SMARTS) is 1. The molecule has 3 aromatic rings. The topological polar surface area (TPSA) is 102 Å². The van der Waals surface area contributed by atoms with Gasteiger partial charge in [-0.2, -0.15) is 13.2 Å². The molecular formula is C24H22ClF3N2O4. The van der Waals surface area contributed by atoms with E-state index in [0.29, 0.717) is 12.2 Å². The number of aliphatic carboxylic acids is 1. The molecule has 180 valence electrons. The predicted octanol–water partition coefficient (Wildman–Crippen LogP) is 4.91. The molecule has 0 atom stereocenters. The van der Waals surface area contributed by atoms with Gasteiger partial charge in [0, 0.05) is 23.7 Å². The van der Waals surface area contributed by atoms with E-state index in [0.717, 1.165) is 35.0 Å². The number of carboxylic acids is 1. The summed E-state index contributed by atoms with van der Waals surface area (Å²) in [6.07, 6.45) is -5.08. The second-order valence-electron chi connectivity index (χ2n) is 6.92. The van der Waals surface area contributed by atoms with Crippen molar-refractivity contribution in [2.75, 3.05) is 13.2 Å². The Hall–Kier alpha value is -3.56. The summed E-state index contributed by atoms with van der Waals surface area (Å²) in [7, 11) is 0. The first-order valence-corrected chi connectivity index (χ1v) is 10.3. The second kappa shape index (κ2) is 12.6. The Morgan fingerprint density at radius 3 is 2.15 bits per heavy atom. The third-order valence-corrected chi connectivity index (χ3v) is 4.62. The molecule has 0 aliphatic rings. The lowest BCUT2D eigenvalue weighted by atomic mass is 10.0. The zero-order valence-electron chi connectivity index (χ0n) is 17.8. The second-order valence-corrected chi connectivity index (χ2v) is 7.36. The lowest BCUT2D eigenvalue weighted by molar-refractivity contribution is -0.192. The predicted molar refractivity (Wildman–Crippen MR) is 123 cm³/mol. The summed E-state index contributed by atoms with van der Waals surface area (Å²) in [6, 6.07) is 22.8. The van der Waals surface area contributed by atoms with E-state index in [1.165, 1.54) is 5.56 Å². The van der Waals surface area contributed by atoms with E-state index in [4.69, 9.17) is 32.0 Å². The van der Waals surface area contributed by atoms with Crippen molar-refractivity contribution >= 4 is 23.5 Å². The number of carbonyl (C=O) groups is 2. The van der Waals surface area contributed by atoms with Gasteiger partial charge in [0.25, 0.3) is 0 Å². The Labute approximate surface area is 199 Å². The van der Waals surface area contributed by atoms with E-state index in [-0.39, 0.29) is 0 Å². The summed E-state index contributed by atoms with van der Waals surface area (Å²) < 4.78 is 37.5. The van der Waals surface area contributed by atoms with E-state index in [2.05, 4.69) is 5.32 Å². The first-order chi connectivity index (χ1) is 16.1. The maximum atomic E-state index is 11.3. The number of nitrogens with two attached hydrogens (primary N) is 1. The maximum absolute atomic E-state index is 11.3. The van der Waals surface area contributed by atoms with Gasteiger partial charge >= 0.3 is 12.1 Å². The average Bonchev–Trinajstić information content (AvgIpc) is 2.80. The highest BCUT2D eigenvalue weighted by Crippen LogP contribution is 2.23. The van der Waals surface area contributed by atoms with Crippen LogP contribution in [0.25, 0.3) is 11.1 Å². The van der Waals surface area contributed by atoms with Gasteiger partial charge in [-0.25, -0.2) is 4.79 Å². The zero-order chi connectivity index (χ0) is 25.1. The Morgan fingerprint density at radius 2 is 1.59 bits per heavy atom. The molecule has 10 heteroatoms. The van der Waals surface area contributed by atoms with Gasteiger partial charge in [-0.15, -0.1) is 0 Å². The van der Waals surface area contributed by atoms with Gasteiger partial charge in [0.05, 0.1) is 0 Å². The first kappa shape index (κ1) is 26.7. The molecule has 0 aliphatic heterocycles. The van der Waals surface area contributed by atoms with Gasteiger partial charge in [0.15, 0.2) is 0 Å². The van der Waals surface area contributed by atoms with E-state index in [1.807, 2.05) is 60.7 Å². The molecule has 3 aromatic carbocycles. The van der Waals surface area contributed by atoms with Crippen molar-refractivity contribution in [2.24, 2.45) is 5.73 Å². The fraction of sp³-hybridized carbons (Fsp3) is 0.167. The van der Waals surface area contributed by atoms with Gasteiger partial charge < -0.3 is 20.9 Å². The van der Waals surface area contributed by atoms with Crippen LogP contribution in [-0.2, 0) is 11.3 Å². The van der Waals surface area contributed by atoms with Gasteiger partial charge in [-0.1, -0.05) is 48.0 Å². The summed E-state index contributed by atoms with van der Waals surface area (Å²) >= 11 is 5.87. The molecular weight excluding hydrogens is 473 g/mol. The highest BCUT2D eigenvalue weighted by molar-refractivity contribution is 6.30. The van der Waals surface area contributed by atoms with Crippen LogP contribution in [0.1, 0.15) is 15.9 Å². The third kappa shape index (κ3) is 9.13. The Balaban J connectivity index is 0.000000509. The van der Waals surface area contributed by atoms with Crippen LogP contribution in [0.15, 0.2) is 72.8 Å². The molecule has 0 bridgehead atoms. The van der Waals surface area contributed by atoms with Gasteiger partial charge in [-0.3, -0.25) is 4.79 Å². The van der Waals surface area contributed by atoms with Gasteiger partial charge in [-0.05, 0) is 53.1 Å². The molecule has 4 N–H and O–H groups in total. The number of alkyl halides is 3. The monoisotopic (exact) mass is 494 g/mol. The minimum atomic E-state index is -5.08. The van der Waals surface area contributed by atoms with Crippen molar-refractivity contribution < 1.29 is 32.6 Å². The van der Waals surface area contributed by atoms with Crippen LogP contribution in [0.4, 0.5) is 13.2 Å². The van der Waals surface area contributed by atoms with Crippen molar-refractivity contribution in [1.29, 1.82) is 0 Å². The molecule has 0 unspecified atom stereocenters. The molecule has 0 saturated carbocycles. The van der Waals surface area contributed by atoms with Crippen LogP contribution < -0.4 is 15.8 Å². The standard InChI is InChI=1S/C22H21ClN2O2.C2HF3O2/c23-20-8-4-16(5-9-20)15-25-12-13-27-21-10-6-17(7-11-21)18-2-1-3-19(14-18)22(24)26;3-2(4,5)1(6)7/h1-11,14,25H,12-13,15H2,(H2,24,26);(H,6,7). The molecule has 0 heterocycles. The Morgan fingerprint density at radius 1 is 0.971 bits per heavy atom. The number of ether oxygens (including phenoxy) is 1. The number of halogens is 4. The Bertz CT molecular complexity index is 1090. The van der Waals surface area contributed by atoms with Gasteiger partial charge in [0.2, 0.25) is 5.91 Å². The summed E-state index contributed by atoms with van der Waals surface area (Å²) in [5.41, 5.74) is 8.97. The smallest absolute Gasteiger partial charge is 0.490 e. The van der Waals surface area contributed by atoms with Crippen molar-refractivity contribution in [3.8, 4) is 16.9 Å². The molecule has 0 aromatic heterocycles. The summed E-state index contributed by atoms with van der Waals surface area (Å²) in [6.45, 7) is 2.09. The fourth-order valence-corrected chi connectivity index (χ4v) is 2.80. The van der Waals surface area contributed by atoms with Crippen molar-refractivity contribution in [2.45, 2.75) is 12.7 Å². The summed E-state index contributed by atoms with van der Waals surface area (Å²) in [4.78, 5) is 20.2. The molecule has 34 heavy (non-hydrogen) atoms. The summed E-state index contributed by atoms with van der Waals surface area (Å²) in [5, 5.41) is 11.2. The number of nitrogens with one attached hydrogen (secondary N) is 1. The normalized spacial score (nSPS) is 10.7. The number of amides is 1. The Kier molecular flexibility index (Phi) is 9.91. The largest absolute Gasteiger partial charge is 0.492 e. The molecule has 0 saturated heterocycles. The minimum absolute atomic E-state index is 0.428. The van der Waals surface area contributed by atoms with Crippen molar-refractivity contribution in [1.82, 2.24) is 5.32 Å². The van der Waals surface area contributed by atoms with E-state index < -0.39 is 18.1 Å².